The van der Waals surface area contributed by atoms with E-state index < -0.39 is 124 Å². The van der Waals surface area contributed by atoms with Gasteiger partial charge >= 0.3 is 12.2 Å². The molecule has 3 aliphatic rings. The molecule has 3 aliphatic heterocycles. The normalized spacial score (nSPS) is 40.8. The Balaban J connectivity index is 1.31. The van der Waals surface area contributed by atoms with Gasteiger partial charge in [-0.2, -0.15) is 0 Å². The van der Waals surface area contributed by atoms with E-state index >= 15 is 0 Å². The van der Waals surface area contributed by atoms with Crippen molar-refractivity contribution in [3.63, 3.8) is 0 Å². The van der Waals surface area contributed by atoms with Crippen LogP contribution in [0.2, 0.25) is 0 Å². The molecule has 13 N–H and O–H groups in total. The zero-order valence-electron chi connectivity index (χ0n) is 25.2. The van der Waals surface area contributed by atoms with Crippen molar-refractivity contribution in [1.29, 1.82) is 0 Å². The number of nitrogens with one attached hydrogen (secondary N) is 2. The third kappa shape index (κ3) is 10.2. The second-order valence-corrected chi connectivity index (χ2v) is 11.3. The molecule has 0 aromatic heterocycles. The van der Waals surface area contributed by atoms with Crippen LogP contribution in [-0.2, 0) is 28.4 Å². The van der Waals surface area contributed by atoms with E-state index in [4.69, 9.17) is 28.4 Å². The molecule has 0 saturated carbocycles. The summed E-state index contributed by atoms with van der Waals surface area (Å²) in [5.74, 6) is 0. The molecular formula is C26H46N2O19. The highest BCUT2D eigenvalue weighted by Crippen LogP contribution is 2.29. The summed E-state index contributed by atoms with van der Waals surface area (Å²) in [5.41, 5.74) is 0. The third-order valence-electron chi connectivity index (χ3n) is 7.90. The van der Waals surface area contributed by atoms with E-state index in [0.717, 1.165) is 0 Å². The SMILES string of the molecule is O=C(NCCCCCCNC(=O)O[C@@H]1O[C@H](CO)[C@@H](O[C@@H]2O[C@H](CO)[C@H](O)[C@H](O)[C@H]2O)[C@H](O)[C@H]1O)O[C@@H]1O[C@H](CO)[C@H](O)[C@H](O)[C@H]1O. The minimum Gasteiger partial charge on any atom is -0.417 e. The Morgan fingerprint density at radius 2 is 0.872 bits per heavy atom. The summed E-state index contributed by atoms with van der Waals surface area (Å²) in [6.07, 6.45) is -24.2. The van der Waals surface area contributed by atoms with Crippen LogP contribution in [0, 0.1) is 0 Å². The quantitative estimate of drug-likeness (QED) is 0.0753. The van der Waals surface area contributed by atoms with Gasteiger partial charge in [-0.05, 0) is 12.8 Å². The number of hydrogen-bond donors (Lipinski definition) is 13. The number of rotatable bonds is 14. The van der Waals surface area contributed by atoms with E-state index in [1.807, 2.05) is 0 Å². The highest BCUT2D eigenvalue weighted by atomic mass is 16.8. The Hall–Kier alpha value is -2.06. The lowest BCUT2D eigenvalue weighted by Crippen LogP contribution is -2.65. The van der Waals surface area contributed by atoms with Crippen molar-refractivity contribution in [2.45, 2.75) is 118 Å². The van der Waals surface area contributed by atoms with E-state index in [9.17, 15) is 65.8 Å². The van der Waals surface area contributed by atoms with Crippen molar-refractivity contribution >= 4 is 12.2 Å². The van der Waals surface area contributed by atoms with Gasteiger partial charge in [0.1, 0.15) is 73.2 Å². The van der Waals surface area contributed by atoms with E-state index in [1.54, 1.807) is 0 Å². The first-order chi connectivity index (χ1) is 22.3. The van der Waals surface area contributed by atoms with Crippen molar-refractivity contribution in [3.8, 4) is 0 Å². The van der Waals surface area contributed by atoms with Gasteiger partial charge in [0.15, 0.2) is 6.29 Å². The van der Waals surface area contributed by atoms with E-state index in [0.29, 0.717) is 25.7 Å². The zero-order valence-corrected chi connectivity index (χ0v) is 25.2. The molecule has 0 aromatic rings. The van der Waals surface area contributed by atoms with Gasteiger partial charge in [0, 0.05) is 13.1 Å². The van der Waals surface area contributed by atoms with Crippen molar-refractivity contribution < 1.29 is 94.2 Å². The van der Waals surface area contributed by atoms with Crippen molar-refractivity contribution in [2.75, 3.05) is 32.9 Å². The van der Waals surface area contributed by atoms with Gasteiger partial charge in [-0.15, -0.1) is 0 Å². The van der Waals surface area contributed by atoms with Gasteiger partial charge in [-0.25, -0.2) is 9.59 Å². The monoisotopic (exact) mass is 690 g/mol. The summed E-state index contributed by atoms with van der Waals surface area (Å²) in [5, 5.41) is 114. The summed E-state index contributed by atoms with van der Waals surface area (Å²) < 4.78 is 31.1. The van der Waals surface area contributed by atoms with Crippen LogP contribution < -0.4 is 10.6 Å². The van der Waals surface area contributed by atoms with Gasteiger partial charge < -0.3 is 95.2 Å². The zero-order chi connectivity index (χ0) is 34.8. The van der Waals surface area contributed by atoms with Crippen LogP contribution in [0.15, 0.2) is 0 Å². The summed E-state index contributed by atoms with van der Waals surface area (Å²) in [7, 11) is 0. The number of unbranched alkanes of at least 4 members (excludes halogenated alkanes) is 3. The van der Waals surface area contributed by atoms with Crippen LogP contribution >= 0.6 is 0 Å². The van der Waals surface area contributed by atoms with Crippen LogP contribution in [0.4, 0.5) is 9.59 Å². The highest BCUT2D eigenvalue weighted by Gasteiger charge is 2.51. The van der Waals surface area contributed by atoms with Gasteiger partial charge in [-0.3, -0.25) is 0 Å². The first-order valence-corrected chi connectivity index (χ1v) is 15.1. The fourth-order valence-electron chi connectivity index (χ4n) is 5.10. The number of amides is 2. The fraction of sp³-hybridized carbons (Fsp3) is 0.923. The Bertz CT molecular complexity index is 961. The van der Waals surface area contributed by atoms with Crippen molar-refractivity contribution in [3.05, 3.63) is 0 Å². The molecule has 0 spiro atoms. The number of ether oxygens (including phenoxy) is 6. The van der Waals surface area contributed by atoms with Crippen LogP contribution in [0.3, 0.4) is 0 Å². The Morgan fingerprint density at radius 1 is 0.489 bits per heavy atom. The molecule has 0 unspecified atom stereocenters. The number of carbonyl (C=O) groups is 2. The fourth-order valence-corrected chi connectivity index (χ4v) is 5.10. The molecule has 3 heterocycles. The van der Waals surface area contributed by atoms with Crippen LogP contribution in [-0.4, -0.2) is 193 Å². The standard InChI is InChI=1S/C26H46N2O19/c29-7-10-13(32)15(34)18(37)22(42-10)45-21-12(9-31)44-24(20(39)17(21)36)47-26(41)28-6-4-2-1-3-5-27-25(40)46-23-19(38)16(35)14(33)11(8-30)43-23/h10-24,29-39H,1-9H2,(H,27,40)(H,28,41)/t10-,11-,12-,13+,14+,15+,16+,17-,18-,19-,20-,21-,22+,23+,24+/m1/s1. The maximum Gasteiger partial charge on any atom is 0.409 e. The molecule has 3 rings (SSSR count). The molecule has 274 valence electrons. The molecule has 21 heteroatoms. The molecule has 47 heavy (non-hydrogen) atoms. The predicted octanol–water partition coefficient (Wildman–Crippen LogP) is -6.58. The summed E-state index contributed by atoms with van der Waals surface area (Å²) >= 11 is 0. The first kappa shape index (κ1) is 39.4. The first-order valence-electron chi connectivity index (χ1n) is 15.1. The van der Waals surface area contributed by atoms with Gasteiger partial charge in [0.2, 0.25) is 12.6 Å². The molecule has 2 amide bonds. The van der Waals surface area contributed by atoms with Crippen molar-refractivity contribution in [1.82, 2.24) is 10.6 Å². The molecule has 0 bridgehead atoms. The lowest BCUT2D eigenvalue weighted by Gasteiger charge is -2.45. The average molecular weight is 691 g/mol. The summed E-state index contributed by atoms with van der Waals surface area (Å²) in [4.78, 5) is 24.2. The lowest BCUT2D eigenvalue weighted by molar-refractivity contribution is -0.354. The summed E-state index contributed by atoms with van der Waals surface area (Å²) in [6.45, 7) is -1.89. The largest absolute Gasteiger partial charge is 0.417 e. The number of aliphatic hydroxyl groups is 11. The molecule has 3 saturated heterocycles. The second kappa shape index (κ2) is 18.6. The molecular weight excluding hydrogens is 644 g/mol. The lowest BCUT2D eigenvalue weighted by atomic mass is 9.97. The minimum atomic E-state index is -1.88. The minimum absolute atomic E-state index is 0.142. The molecule has 0 radical (unpaired) electrons. The number of hydrogen-bond acceptors (Lipinski definition) is 19. The number of carbonyl (C=O) groups excluding carboxylic acids is 2. The molecule has 0 aromatic carbocycles. The summed E-state index contributed by atoms with van der Waals surface area (Å²) in [6, 6.07) is 0. The van der Waals surface area contributed by atoms with E-state index in [2.05, 4.69) is 10.6 Å². The molecule has 15 atom stereocenters. The van der Waals surface area contributed by atoms with Gasteiger partial charge in [0.25, 0.3) is 0 Å². The second-order valence-electron chi connectivity index (χ2n) is 11.3. The average Bonchev–Trinajstić information content (AvgIpc) is 3.05. The third-order valence-corrected chi connectivity index (χ3v) is 7.90. The molecule has 21 nitrogen and oxygen atoms in total. The maximum atomic E-state index is 12.2. The van der Waals surface area contributed by atoms with E-state index in [-0.39, 0.29) is 13.1 Å². The van der Waals surface area contributed by atoms with E-state index in [1.165, 1.54) is 0 Å². The van der Waals surface area contributed by atoms with Crippen LogP contribution in [0.25, 0.3) is 0 Å². The van der Waals surface area contributed by atoms with Gasteiger partial charge in [0.05, 0.1) is 19.8 Å². The molecule has 0 aliphatic carbocycles. The van der Waals surface area contributed by atoms with Crippen LogP contribution in [0.1, 0.15) is 25.7 Å². The topological polar surface area (TPSA) is 336 Å². The Morgan fingerprint density at radius 3 is 1.32 bits per heavy atom. The Labute approximate surface area is 268 Å². The predicted molar refractivity (Wildman–Crippen MR) is 148 cm³/mol. The Kier molecular flexibility index (Phi) is 15.6. The van der Waals surface area contributed by atoms with Gasteiger partial charge in [-0.1, -0.05) is 12.8 Å². The van der Waals surface area contributed by atoms with Crippen molar-refractivity contribution in [2.24, 2.45) is 0 Å². The smallest absolute Gasteiger partial charge is 0.409 e. The number of aliphatic hydroxyl groups excluding tert-OH is 11. The highest BCUT2D eigenvalue weighted by molar-refractivity contribution is 5.67. The number of alkyl carbamates (subject to hydrolysis) is 2. The molecule has 3 fully saturated rings. The maximum absolute atomic E-state index is 12.2. The van der Waals surface area contributed by atoms with Crippen LogP contribution in [0.5, 0.6) is 0 Å².